The van der Waals surface area contributed by atoms with Crippen molar-refractivity contribution in [1.82, 2.24) is 0 Å². The Morgan fingerprint density at radius 3 is 1.25 bits per heavy atom. The normalized spacial score (nSPS) is 19.2. The molecule has 0 amide bonds. The van der Waals surface area contributed by atoms with Gasteiger partial charge in [0.15, 0.2) is 92.4 Å². The van der Waals surface area contributed by atoms with Gasteiger partial charge in [0, 0.05) is 44.2 Å². The first-order valence-electron chi connectivity index (χ1n) is 21.9. The molecule has 11 rings (SSSR count). The van der Waals surface area contributed by atoms with Crippen molar-refractivity contribution in [2.45, 2.75) is 29.9 Å². The summed E-state index contributed by atoms with van der Waals surface area (Å²) in [7, 11) is 0.313. The minimum atomic E-state index is -2.53. The highest BCUT2D eigenvalue weighted by atomic mass is 33.1. The molecule has 31 heteroatoms. The van der Waals surface area contributed by atoms with Crippen LogP contribution in [0.3, 0.4) is 0 Å². The standard InChI is InChI=1S/C48H28O29S2/c49-11-2-7-15(29(57)26(11)54)6-1-10(25(53)34(62)24(6)52)45(68)76-40-37-14(72-48(79-78)41(40)77-43(7)66)5-71-42(65)8-3-12(50)27(55)30(58)16(8)18-22-20-21-23(47(70)75-38(20)35(63)32(18)60)19(33(61)36(64)39(21)74-46(22)69)17-9(44(67)73-37)4-13(51)28(56)31(17)59/h1-4,14,37,40-41,48-64,78H,5H2. The summed E-state index contributed by atoms with van der Waals surface area (Å²) in [5, 5.41) is 174. The second kappa shape index (κ2) is 17.3. The first kappa shape index (κ1) is 50.7. The lowest BCUT2D eigenvalue weighted by Gasteiger charge is -2.44. The molecule has 8 aromatic rings. The Labute approximate surface area is 440 Å². The monoisotopic (exact) mass is 1130 g/mol. The van der Waals surface area contributed by atoms with E-state index in [2.05, 4.69) is 11.7 Å². The molecule has 0 saturated carbocycles. The van der Waals surface area contributed by atoms with E-state index in [1.165, 1.54) is 0 Å². The molecule has 1 saturated heterocycles. The number of carbonyl (C=O) groups excluding carboxylic acids is 4. The van der Waals surface area contributed by atoms with Gasteiger partial charge < -0.3 is 114 Å². The zero-order chi connectivity index (χ0) is 57.0. The van der Waals surface area contributed by atoms with E-state index in [0.29, 0.717) is 35.1 Å². The van der Waals surface area contributed by atoms with Crippen LogP contribution in [-0.2, 0) is 23.7 Å². The van der Waals surface area contributed by atoms with Crippen molar-refractivity contribution in [2.24, 2.45) is 0 Å². The number of aromatic hydroxyl groups is 16. The number of cyclic esters (lactones) is 1. The number of ether oxygens (including phenoxy) is 5. The minimum absolute atomic E-state index is 0.313. The average molecular weight is 1130 g/mol. The van der Waals surface area contributed by atoms with Gasteiger partial charge in [-0.3, -0.25) is 0 Å². The molecule has 3 aliphatic rings. The largest absolute Gasteiger partial charge is 0.504 e. The Morgan fingerprint density at radius 1 is 0.380 bits per heavy atom. The predicted octanol–water partition coefficient (Wildman–Crippen LogP) is 3.54. The van der Waals surface area contributed by atoms with E-state index < -0.39 is 252 Å². The highest BCUT2D eigenvalue weighted by Gasteiger charge is 2.54. The molecule has 6 aromatic carbocycles. The summed E-state index contributed by atoms with van der Waals surface area (Å²) in [5.41, 5.74) is -19.0. The van der Waals surface area contributed by atoms with Gasteiger partial charge in [0.2, 0.25) is 34.5 Å². The van der Waals surface area contributed by atoms with E-state index >= 15 is 4.79 Å². The number of fused-ring (bicyclic) bond motifs is 11. The fraction of sp³-hybridized carbons (Fsp3) is 0.125. The van der Waals surface area contributed by atoms with Gasteiger partial charge in [0.25, 0.3) is 0 Å². The van der Waals surface area contributed by atoms with Crippen LogP contribution in [0.25, 0.3) is 66.1 Å². The minimum Gasteiger partial charge on any atom is -0.504 e. The van der Waals surface area contributed by atoms with Crippen molar-refractivity contribution in [2.75, 3.05) is 6.61 Å². The summed E-state index contributed by atoms with van der Waals surface area (Å²) < 4.78 is 39.7. The third-order valence-electron chi connectivity index (χ3n) is 13.3. The average Bonchev–Trinajstić information content (AvgIpc) is 2.88. The zero-order valence-electron chi connectivity index (χ0n) is 38.2. The van der Waals surface area contributed by atoms with Crippen LogP contribution in [0.2, 0.25) is 0 Å². The second-order valence-corrected chi connectivity index (χ2v) is 18.8. The lowest BCUT2D eigenvalue weighted by Crippen LogP contribution is -2.61. The molecule has 79 heavy (non-hydrogen) atoms. The van der Waals surface area contributed by atoms with Crippen molar-refractivity contribution in [1.29, 1.82) is 0 Å². The summed E-state index contributed by atoms with van der Waals surface area (Å²) in [6, 6.07) is 1.71. The molecular formula is C48H28O29S2. The summed E-state index contributed by atoms with van der Waals surface area (Å²) in [5.74, 6) is -30.5. The fourth-order valence-electron chi connectivity index (χ4n) is 9.75. The number of phenols is 16. The first-order valence-corrected chi connectivity index (χ1v) is 23.8. The molecular weight excluding hydrogens is 1100 g/mol. The van der Waals surface area contributed by atoms with E-state index in [0.717, 1.165) is 0 Å². The van der Waals surface area contributed by atoms with Crippen molar-refractivity contribution < 1.29 is 133 Å². The van der Waals surface area contributed by atoms with Crippen LogP contribution in [-0.4, -0.2) is 142 Å². The SMILES string of the molecule is O=C1OC2C3OC(=O)c4cc(O)c(O)c(O)c4-c4c(O)c(O)c5oc(=O)c6c(c(O)c(O)c7oc(=O)c4c5c76)-c4c(cc(O)c(O)c4O)C(=O)OCC3OC(SS)C2OC(=O)c2cc(O)c(O)c(O)c2-c2cc1c(O)c(O)c2O. The first-order chi connectivity index (χ1) is 37.3. The molecule has 29 nitrogen and oxygen atoms in total. The van der Waals surface area contributed by atoms with E-state index in [1.807, 2.05) is 0 Å². The molecule has 5 heterocycles. The molecule has 5 atom stereocenters. The molecule has 16 N–H and O–H groups in total. The Kier molecular flexibility index (Phi) is 11.1. The number of esters is 4. The van der Waals surface area contributed by atoms with Crippen molar-refractivity contribution in [3.63, 3.8) is 0 Å². The molecule has 3 aliphatic heterocycles. The highest BCUT2D eigenvalue weighted by molar-refractivity contribution is 8.68. The van der Waals surface area contributed by atoms with Gasteiger partial charge in [-0.15, -0.1) is 11.7 Å². The number of phenolic OH excluding ortho intramolecular Hbond substituents is 16. The van der Waals surface area contributed by atoms with Gasteiger partial charge in [-0.1, -0.05) is 10.8 Å². The Hall–Kier alpha value is -10.4. The van der Waals surface area contributed by atoms with Crippen LogP contribution < -0.4 is 11.3 Å². The summed E-state index contributed by atoms with van der Waals surface area (Å²) in [6.45, 7) is -1.35. The van der Waals surface area contributed by atoms with Crippen LogP contribution in [0.5, 0.6) is 92.0 Å². The van der Waals surface area contributed by atoms with Gasteiger partial charge in [-0.2, -0.15) is 0 Å². The van der Waals surface area contributed by atoms with Crippen LogP contribution in [0.15, 0.2) is 42.7 Å². The summed E-state index contributed by atoms with van der Waals surface area (Å²) in [6.07, 6.45) is -9.48. The summed E-state index contributed by atoms with van der Waals surface area (Å²) in [4.78, 5) is 87.0. The quantitative estimate of drug-likeness (QED) is 0.0212. The molecule has 1 fully saturated rings. The van der Waals surface area contributed by atoms with E-state index in [-0.39, 0.29) is 0 Å². The lowest BCUT2D eigenvalue weighted by atomic mass is 9.88. The predicted molar refractivity (Wildman–Crippen MR) is 260 cm³/mol. The van der Waals surface area contributed by atoms with Gasteiger partial charge in [-0.25, -0.2) is 28.8 Å². The van der Waals surface area contributed by atoms with Crippen LogP contribution >= 0.6 is 22.5 Å². The number of hydrogen-bond acceptors (Lipinski definition) is 31. The van der Waals surface area contributed by atoms with Crippen LogP contribution in [0.4, 0.5) is 0 Å². The molecule has 406 valence electrons. The maximum atomic E-state index is 15.1. The maximum Gasteiger partial charge on any atom is 0.345 e. The zero-order valence-corrected chi connectivity index (χ0v) is 39.9. The highest BCUT2D eigenvalue weighted by Crippen LogP contribution is 2.59. The molecule has 2 aromatic heterocycles. The fourth-order valence-corrected chi connectivity index (χ4v) is 10.8. The molecule has 8 bridgehead atoms. The van der Waals surface area contributed by atoms with Crippen LogP contribution in [0, 0.1) is 0 Å². The third kappa shape index (κ3) is 6.95. The molecule has 0 aliphatic carbocycles. The van der Waals surface area contributed by atoms with Gasteiger partial charge >= 0.3 is 35.1 Å². The van der Waals surface area contributed by atoms with Crippen molar-refractivity contribution in [3.8, 4) is 125 Å². The number of benzene rings is 6. The Balaban J connectivity index is 1.23. The van der Waals surface area contributed by atoms with E-state index in [1.54, 1.807) is 0 Å². The molecule has 0 spiro atoms. The van der Waals surface area contributed by atoms with Crippen molar-refractivity contribution >= 4 is 79.0 Å². The Bertz CT molecular complexity index is 4280. The number of carbonyl (C=O) groups is 4. The second-order valence-electron chi connectivity index (χ2n) is 17.5. The van der Waals surface area contributed by atoms with Crippen molar-refractivity contribution in [3.05, 3.63) is 67.4 Å². The third-order valence-corrected chi connectivity index (χ3v) is 14.5. The van der Waals surface area contributed by atoms with Gasteiger partial charge in [0.1, 0.15) is 18.3 Å². The topological polar surface area (TPSA) is 499 Å². The Morgan fingerprint density at radius 2 is 0.772 bits per heavy atom. The number of thiol groups is 1. The number of rotatable bonds is 1. The van der Waals surface area contributed by atoms with Gasteiger partial charge in [0.05, 0.1) is 27.5 Å². The van der Waals surface area contributed by atoms with Crippen LogP contribution in [0.1, 0.15) is 41.4 Å². The van der Waals surface area contributed by atoms with Gasteiger partial charge in [-0.05, 0) is 24.3 Å². The van der Waals surface area contributed by atoms with E-state index in [4.69, 9.17) is 32.5 Å². The summed E-state index contributed by atoms with van der Waals surface area (Å²) >= 11 is 4.18. The molecule has 5 unspecified atom stereocenters. The molecule has 0 radical (unpaired) electrons. The van der Waals surface area contributed by atoms with E-state index in [9.17, 15) is 106 Å². The number of hydrogen-bond donors (Lipinski definition) is 17. The maximum absolute atomic E-state index is 15.1. The smallest absolute Gasteiger partial charge is 0.345 e. The lowest BCUT2D eigenvalue weighted by molar-refractivity contribution is -0.206.